The van der Waals surface area contributed by atoms with Gasteiger partial charge in [0.05, 0.1) is 18.2 Å². The molecule has 0 radical (unpaired) electrons. The van der Waals surface area contributed by atoms with Crippen molar-refractivity contribution in [2.75, 3.05) is 20.0 Å². The fourth-order valence-corrected chi connectivity index (χ4v) is 2.99. The van der Waals surface area contributed by atoms with Gasteiger partial charge in [0.25, 0.3) is 5.91 Å². The molecule has 30 heavy (non-hydrogen) atoms. The molecule has 0 spiro atoms. The minimum absolute atomic E-state index is 0.0878. The van der Waals surface area contributed by atoms with Gasteiger partial charge in [-0.1, -0.05) is 30.3 Å². The molecule has 3 N–H and O–H groups in total. The molecule has 1 heterocycles. The van der Waals surface area contributed by atoms with E-state index in [0.717, 1.165) is 11.3 Å². The Balaban J connectivity index is 2.10. The lowest BCUT2D eigenvalue weighted by molar-refractivity contribution is -0.134. The first-order chi connectivity index (χ1) is 14.5. The van der Waals surface area contributed by atoms with Crippen LogP contribution in [0, 0.1) is 12.8 Å². The summed E-state index contributed by atoms with van der Waals surface area (Å²) in [6.45, 7) is 4.46. The van der Waals surface area contributed by atoms with Gasteiger partial charge in [-0.2, -0.15) is 0 Å². The van der Waals surface area contributed by atoms with Crippen LogP contribution >= 0.6 is 0 Å². The van der Waals surface area contributed by atoms with Crippen LogP contribution in [0.2, 0.25) is 0 Å². The van der Waals surface area contributed by atoms with E-state index < -0.39 is 17.9 Å². The van der Waals surface area contributed by atoms with E-state index in [9.17, 15) is 14.8 Å². The van der Waals surface area contributed by atoms with Gasteiger partial charge in [-0.3, -0.25) is 19.8 Å². The zero-order valence-electron chi connectivity index (χ0n) is 17.3. The number of carbonyl (C=O) groups excluding carboxylic acids is 2. The van der Waals surface area contributed by atoms with Crippen molar-refractivity contribution >= 4 is 11.8 Å². The predicted molar refractivity (Wildman–Crippen MR) is 111 cm³/mol. The summed E-state index contributed by atoms with van der Waals surface area (Å²) in [5.74, 6) is -1.38. The first-order valence-corrected chi connectivity index (χ1v) is 9.90. The van der Waals surface area contributed by atoms with Gasteiger partial charge in [0.1, 0.15) is 6.79 Å². The second-order valence-electron chi connectivity index (χ2n) is 6.94. The van der Waals surface area contributed by atoms with Gasteiger partial charge in [-0.25, -0.2) is 5.48 Å². The lowest BCUT2D eigenvalue weighted by atomic mass is 9.92. The first kappa shape index (κ1) is 23.5. The van der Waals surface area contributed by atoms with Crippen molar-refractivity contribution in [2.45, 2.75) is 32.7 Å². The highest BCUT2D eigenvalue weighted by atomic mass is 16.7. The molecule has 2 unspecified atom stereocenters. The molecule has 8 nitrogen and oxygen atoms in total. The largest absolute Gasteiger partial charge is 0.356 e. The highest BCUT2D eigenvalue weighted by molar-refractivity contribution is 5.94. The average molecular weight is 415 g/mol. The lowest BCUT2D eigenvalue weighted by Gasteiger charge is -2.23. The van der Waals surface area contributed by atoms with Crippen LogP contribution in [0.5, 0.6) is 0 Å². The molecule has 0 saturated carbocycles. The summed E-state index contributed by atoms with van der Waals surface area (Å²) in [5, 5.41) is 12.1. The predicted octanol–water partition coefficient (Wildman–Crippen LogP) is 2.25. The van der Waals surface area contributed by atoms with Crippen LogP contribution in [-0.2, 0) is 20.7 Å². The van der Waals surface area contributed by atoms with Crippen molar-refractivity contribution in [3.05, 3.63) is 65.5 Å². The van der Waals surface area contributed by atoms with Crippen LogP contribution in [0.15, 0.2) is 48.7 Å². The Bertz CT molecular complexity index is 783. The molecular weight excluding hydrogens is 386 g/mol. The SMILES string of the molecule is CCOCOCC(CC(Cc1ccccc1)C(=O)NO)NC(=O)c1ccc(C)nc1. The monoisotopic (exact) mass is 415 g/mol. The second kappa shape index (κ2) is 12.7. The van der Waals surface area contributed by atoms with Gasteiger partial charge >= 0.3 is 0 Å². The Labute approximate surface area is 176 Å². The molecule has 0 saturated heterocycles. The molecule has 2 amide bonds. The summed E-state index contributed by atoms with van der Waals surface area (Å²) in [6.07, 6.45) is 2.19. The van der Waals surface area contributed by atoms with Crippen LogP contribution in [0.3, 0.4) is 0 Å². The molecule has 2 aromatic rings. The number of nitrogens with one attached hydrogen (secondary N) is 2. The zero-order valence-corrected chi connectivity index (χ0v) is 17.3. The summed E-state index contributed by atoms with van der Waals surface area (Å²) < 4.78 is 10.7. The van der Waals surface area contributed by atoms with Gasteiger partial charge in [0.2, 0.25) is 5.91 Å². The number of hydrogen-bond acceptors (Lipinski definition) is 6. The van der Waals surface area contributed by atoms with Gasteiger partial charge in [0.15, 0.2) is 0 Å². The summed E-state index contributed by atoms with van der Waals surface area (Å²) in [5.41, 5.74) is 3.91. The van der Waals surface area contributed by atoms with Gasteiger partial charge in [-0.05, 0) is 44.4 Å². The Hall–Kier alpha value is -2.81. The van der Waals surface area contributed by atoms with Crippen molar-refractivity contribution in [3.63, 3.8) is 0 Å². The molecule has 0 bridgehead atoms. The van der Waals surface area contributed by atoms with E-state index in [1.165, 1.54) is 6.20 Å². The number of hydrogen-bond donors (Lipinski definition) is 3. The molecule has 1 aromatic heterocycles. The van der Waals surface area contributed by atoms with Crippen molar-refractivity contribution < 1.29 is 24.3 Å². The molecule has 0 aliphatic rings. The molecule has 2 atom stereocenters. The van der Waals surface area contributed by atoms with E-state index in [0.29, 0.717) is 18.6 Å². The number of aromatic nitrogens is 1. The summed E-state index contributed by atoms with van der Waals surface area (Å²) in [7, 11) is 0. The number of hydroxylamine groups is 1. The normalized spacial score (nSPS) is 12.8. The average Bonchev–Trinajstić information content (AvgIpc) is 2.76. The number of aryl methyl sites for hydroxylation is 1. The number of nitrogens with zero attached hydrogens (tertiary/aromatic N) is 1. The molecule has 2 rings (SSSR count). The third-order valence-corrected chi connectivity index (χ3v) is 4.57. The van der Waals surface area contributed by atoms with Crippen molar-refractivity contribution in [1.82, 2.24) is 15.8 Å². The quantitative estimate of drug-likeness (QED) is 0.212. The Morgan fingerprint density at radius 2 is 1.90 bits per heavy atom. The minimum Gasteiger partial charge on any atom is -0.356 e. The molecular formula is C22H29N3O5. The molecule has 0 aliphatic carbocycles. The number of pyridine rings is 1. The molecule has 162 valence electrons. The Morgan fingerprint density at radius 3 is 2.53 bits per heavy atom. The van der Waals surface area contributed by atoms with Crippen molar-refractivity contribution in [3.8, 4) is 0 Å². The molecule has 1 aromatic carbocycles. The number of benzene rings is 1. The minimum atomic E-state index is -0.561. The number of rotatable bonds is 12. The maximum Gasteiger partial charge on any atom is 0.253 e. The third kappa shape index (κ3) is 7.90. The van der Waals surface area contributed by atoms with Gasteiger partial charge < -0.3 is 14.8 Å². The van der Waals surface area contributed by atoms with Gasteiger partial charge in [-0.15, -0.1) is 0 Å². The fraction of sp³-hybridized carbons (Fsp3) is 0.409. The van der Waals surface area contributed by atoms with Crippen LogP contribution in [0.25, 0.3) is 0 Å². The molecule has 0 fully saturated rings. The second-order valence-corrected chi connectivity index (χ2v) is 6.94. The fourth-order valence-electron chi connectivity index (χ4n) is 2.99. The molecule has 8 heteroatoms. The number of carbonyl (C=O) groups is 2. The van der Waals surface area contributed by atoms with Gasteiger partial charge in [0, 0.05) is 24.4 Å². The van der Waals surface area contributed by atoms with E-state index in [1.807, 2.05) is 44.2 Å². The van der Waals surface area contributed by atoms with E-state index >= 15 is 0 Å². The Morgan fingerprint density at radius 1 is 1.13 bits per heavy atom. The highest BCUT2D eigenvalue weighted by Crippen LogP contribution is 2.16. The van der Waals surface area contributed by atoms with Crippen LogP contribution in [0.4, 0.5) is 0 Å². The summed E-state index contributed by atoms with van der Waals surface area (Å²) in [4.78, 5) is 29.1. The maximum atomic E-state index is 12.6. The van der Waals surface area contributed by atoms with Crippen LogP contribution in [-0.4, -0.2) is 48.1 Å². The van der Waals surface area contributed by atoms with E-state index in [-0.39, 0.29) is 25.7 Å². The summed E-state index contributed by atoms with van der Waals surface area (Å²) in [6, 6.07) is 12.5. The van der Waals surface area contributed by atoms with Crippen LogP contribution in [0.1, 0.15) is 35.0 Å². The third-order valence-electron chi connectivity index (χ3n) is 4.57. The smallest absolute Gasteiger partial charge is 0.253 e. The maximum absolute atomic E-state index is 12.6. The highest BCUT2D eigenvalue weighted by Gasteiger charge is 2.25. The summed E-state index contributed by atoms with van der Waals surface area (Å²) >= 11 is 0. The van der Waals surface area contributed by atoms with Crippen LogP contribution < -0.4 is 10.8 Å². The van der Waals surface area contributed by atoms with E-state index in [4.69, 9.17) is 9.47 Å². The lowest BCUT2D eigenvalue weighted by Crippen LogP contribution is -2.42. The van der Waals surface area contributed by atoms with E-state index in [2.05, 4.69) is 10.3 Å². The van der Waals surface area contributed by atoms with Crippen molar-refractivity contribution in [1.29, 1.82) is 0 Å². The first-order valence-electron chi connectivity index (χ1n) is 9.90. The topological polar surface area (TPSA) is 110 Å². The zero-order chi connectivity index (χ0) is 21.8. The van der Waals surface area contributed by atoms with Crippen molar-refractivity contribution in [2.24, 2.45) is 5.92 Å². The number of amides is 2. The van der Waals surface area contributed by atoms with E-state index in [1.54, 1.807) is 17.6 Å². The standard InChI is InChI=1S/C22H29N3O5/c1-3-29-15-30-14-20(24-21(26)18-10-9-16(2)23-13-18)12-19(22(27)25-28)11-17-7-5-4-6-8-17/h4-10,13,19-20,28H,3,11-12,14-15H2,1-2H3,(H,24,26)(H,25,27). The molecule has 0 aliphatic heterocycles. The Kier molecular flexibility index (Phi) is 9.93. The number of ether oxygens (including phenoxy) is 2.